The van der Waals surface area contributed by atoms with Gasteiger partial charge in [0.05, 0.1) is 18.3 Å². The molecule has 0 bridgehead atoms. The van der Waals surface area contributed by atoms with Crippen molar-refractivity contribution in [1.29, 1.82) is 0 Å². The molecule has 1 aliphatic heterocycles. The molecular weight excluding hydrogens is 503 g/mol. The van der Waals surface area contributed by atoms with E-state index in [0.29, 0.717) is 18.8 Å². The average molecular weight is 538 g/mol. The molecule has 1 radical (unpaired) electrons. The molecule has 1 N–H and O–H groups in total. The Kier molecular flexibility index (Phi) is 10.1. The molecule has 2 aromatic heterocycles. The summed E-state index contributed by atoms with van der Waals surface area (Å²) in [5.74, 6) is 0.566. The van der Waals surface area contributed by atoms with E-state index in [1.807, 2.05) is 47.9 Å². The number of hydrogen-bond acceptors (Lipinski definition) is 6. The van der Waals surface area contributed by atoms with Crippen LogP contribution in [-0.4, -0.2) is 62.0 Å². The molecule has 1 fully saturated rings. The maximum atomic E-state index is 13.8. The van der Waals surface area contributed by atoms with Crippen LogP contribution >= 0.6 is 0 Å². The number of aromatic nitrogens is 4. The molecule has 0 saturated carbocycles. The van der Waals surface area contributed by atoms with Crippen molar-refractivity contribution in [2.24, 2.45) is 0 Å². The van der Waals surface area contributed by atoms with Crippen LogP contribution in [-0.2, 0) is 24.1 Å². The Morgan fingerprint density at radius 2 is 1.82 bits per heavy atom. The smallest absolute Gasteiger partial charge is 0.376 e. The molecule has 0 amide bonds. The summed E-state index contributed by atoms with van der Waals surface area (Å²) in [4.78, 5) is 32.8. The Morgan fingerprint density at radius 1 is 1.05 bits per heavy atom. The second kappa shape index (κ2) is 13.5. The fraction of sp³-hybridized carbons (Fsp3) is 0.400. The largest absolute Gasteiger partial charge is 0.439 e. The van der Waals surface area contributed by atoms with Gasteiger partial charge in [-0.1, -0.05) is 67.0 Å². The normalized spacial score (nSPS) is 15.2. The maximum Gasteiger partial charge on any atom is 0.439 e. The number of aryl methyl sites for hydroxylation is 2. The summed E-state index contributed by atoms with van der Waals surface area (Å²) in [5.41, 5.74) is 5.45. The van der Waals surface area contributed by atoms with Crippen LogP contribution in [0.3, 0.4) is 0 Å². The molecule has 1 aliphatic rings. The van der Waals surface area contributed by atoms with Gasteiger partial charge in [0.2, 0.25) is 0 Å². The van der Waals surface area contributed by atoms with Crippen molar-refractivity contribution in [2.75, 3.05) is 6.61 Å². The van der Waals surface area contributed by atoms with E-state index in [4.69, 9.17) is 14.2 Å². The molecule has 4 aromatic rings. The van der Waals surface area contributed by atoms with Gasteiger partial charge in [-0.15, -0.1) is 0 Å². The van der Waals surface area contributed by atoms with Crippen molar-refractivity contribution < 1.29 is 9.26 Å². The molecule has 1 unspecified atom stereocenters. The number of ether oxygens (including phenoxy) is 1. The van der Waals surface area contributed by atoms with Crippen molar-refractivity contribution in [2.45, 2.75) is 71.4 Å². The zero-order chi connectivity index (χ0) is 26.5. The summed E-state index contributed by atoms with van der Waals surface area (Å²) in [6, 6.07) is 15.9. The third-order valence-electron chi connectivity index (χ3n) is 7.23. The Morgan fingerprint density at radius 3 is 2.49 bits per heavy atom. The van der Waals surface area contributed by atoms with Gasteiger partial charge in [-0.05, 0) is 55.7 Å². The van der Waals surface area contributed by atoms with Crippen LogP contribution in [0.2, 0.25) is 0 Å². The molecule has 0 spiro atoms. The Bertz CT molecular complexity index is 1500. The first-order valence-corrected chi connectivity index (χ1v) is 13.5. The zero-order valence-electron chi connectivity index (χ0n) is 23.0. The van der Waals surface area contributed by atoms with Crippen LogP contribution in [0.1, 0.15) is 61.7 Å². The fourth-order valence-electron chi connectivity index (χ4n) is 5.15. The number of unbranched alkanes of at least 4 members (excludes halogenated alkanes) is 1. The number of benzene rings is 2. The predicted octanol–water partition coefficient (Wildman–Crippen LogP) is 4.68. The van der Waals surface area contributed by atoms with E-state index in [-0.39, 0.29) is 41.2 Å². The van der Waals surface area contributed by atoms with Crippen molar-refractivity contribution in [3.05, 3.63) is 92.1 Å². The molecular formula is C30H34N4NaO4. The second-order valence-corrected chi connectivity index (χ2v) is 9.96. The number of hydrogen-bond donors (Lipinski definition) is 1. The van der Waals surface area contributed by atoms with Gasteiger partial charge in [-0.3, -0.25) is 18.9 Å². The summed E-state index contributed by atoms with van der Waals surface area (Å²) in [5, 5.41) is 3.85. The fourth-order valence-corrected chi connectivity index (χ4v) is 5.15. The first-order valence-electron chi connectivity index (χ1n) is 13.5. The number of H-pyrrole nitrogens is 1. The first-order chi connectivity index (χ1) is 18.5. The number of nitrogens with zero attached hydrogens (tertiary/aromatic N) is 3. The maximum absolute atomic E-state index is 13.8. The van der Waals surface area contributed by atoms with Gasteiger partial charge in [-0.25, -0.2) is 9.78 Å². The van der Waals surface area contributed by atoms with E-state index < -0.39 is 5.76 Å². The van der Waals surface area contributed by atoms with E-state index >= 15 is 0 Å². The molecule has 9 heteroatoms. The van der Waals surface area contributed by atoms with Crippen LogP contribution < -0.4 is 11.3 Å². The monoisotopic (exact) mass is 537 g/mol. The summed E-state index contributed by atoms with van der Waals surface area (Å²) in [6.45, 7) is 5.39. The molecule has 3 heterocycles. The van der Waals surface area contributed by atoms with E-state index in [1.54, 1.807) is 0 Å². The molecule has 1 atom stereocenters. The molecule has 199 valence electrons. The van der Waals surface area contributed by atoms with E-state index in [0.717, 1.165) is 84.5 Å². The number of nitrogens with one attached hydrogen (secondary N) is 1. The quantitative estimate of drug-likeness (QED) is 0.311. The second-order valence-electron chi connectivity index (χ2n) is 9.96. The van der Waals surface area contributed by atoms with Gasteiger partial charge in [-0.2, -0.15) is 0 Å². The van der Waals surface area contributed by atoms with Crippen LogP contribution in [0, 0.1) is 6.92 Å². The Labute approximate surface area is 250 Å². The Balaban J connectivity index is 0.00000353. The van der Waals surface area contributed by atoms with Gasteiger partial charge in [0.25, 0.3) is 5.56 Å². The molecule has 0 aliphatic carbocycles. The van der Waals surface area contributed by atoms with Gasteiger partial charge in [0, 0.05) is 53.7 Å². The molecule has 8 nitrogen and oxygen atoms in total. The van der Waals surface area contributed by atoms with Crippen LogP contribution in [0.15, 0.2) is 62.6 Å². The minimum atomic E-state index is -0.587. The molecule has 5 rings (SSSR count). The van der Waals surface area contributed by atoms with E-state index in [1.165, 1.54) is 0 Å². The standard InChI is InChI=1S/C30H34N4O4.Na/c1-3-4-12-27-26(29(35)34(20(2)31-27)19-23-9-7-8-17-37-23)18-21-13-15-22(16-14-21)24-10-5-6-11-25(24)28-32-30(36)38-33-28;/h5-6,10-11,13-16,23H,3-4,7-9,12,17-19H2,1-2H3,(H,32,33,36);. The molecule has 2 aromatic carbocycles. The zero-order valence-corrected chi connectivity index (χ0v) is 25.0. The van der Waals surface area contributed by atoms with Gasteiger partial charge >= 0.3 is 5.76 Å². The number of aromatic amines is 1. The topological polar surface area (TPSA) is 103 Å². The van der Waals surface area contributed by atoms with Gasteiger partial charge in [0.15, 0.2) is 5.82 Å². The van der Waals surface area contributed by atoms with Crippen LogP contribution in [0.5, 0.6) is 0 Å². The van der Waals surface area contributed by atoms with Gasteiger partial charge in [0.1, 0.15) is 5.82 Å². The SMILES string of the molecule is CCCCc1nc(C)n(CC2CCCCO2)c(=O)c1Cc1ccc(-c2ccccc2-c2noc(=O)[nH]2)cc1.[Na]. The summed E-state index contributed by atoms with van der Waals surface area (Å²) >= 11 is 0. The summed E-state index contributed by atoms with van der Waals surface area (Å²) in [6.07, 6.45) is 6.62. The summed E-state index contributed by atoms with van der Waals surface area (Å²) < 4.78 is 12.4. The predicted molar refractivity (Wildman–Crippen MR) is 152 cm³/mol. The van der Waals surface area contributed by atoms with Crippen molar-refractivity contribution in [3.63, 3.8) is 0 Å². The minimum Gasteiger partial charge on any atom is -0.376 e. The number of rotatable bonds is 9. The minimum absolute atomic E-state index is 0. The molecule has 1 saturated heterocycles. The molecule has 39 heavy (non-hydrogen) atoms. The van der Waals surface area contributed by atoms with E-state index in [9.17, 15) is 9.59 Å². The van der Waals surface area contributed by atoms with Gasteiger partial charge < -0.3 is 4.74 Å². The van der Waals surface area contributed by atoms with Crippen molar-refractivity contribution >= 4 is 29.6 Å². The third kappa shape index (κ3) is 6.87. The Hall–Kier alpha value is -2.78. The van der Waals surface area contributed by atoms with Crippen LogP contribution in [0.25, 0.3) is 22.5 Å². The van der Waals surface area contributed by atoms with Crippen molar-refractivity contribution in [3.8, 4) is 22.5 Å². The van der Waals surface area contributed by atoms with Crippen LogP contribution in [0.4, 0.5) is 0 Å². The van der Waals surface area contributed by atoms with Crippen molar-refractivity contribution in [1.82, 2.24) is 19.7 Å². The van der Waals surface area contributed by atoms with E-state index in [2.05, 4.69) is 29.2 Å². The first kappa shape index (κ1) is 29.2. The average Bonchev–Trinajstić information content (AvgIpc) is 3.38. The third-order valence-corrected chi connectivity index (χ3v) is 7.23. The summed E-state index contributed by atoms with van der Waals surface area (Å²) in [7, 11) is 0.